The van der Waals surface area contributed by atoms with Crippen LogP contribution in [0.1, 0.15) is 19.5 Å². The molecular formula is C11H20N4O. The Hall–Kier alpha value is -1.36. The standard InChI is InChI=1S/C11H20N4O/c1-4-16-10-5-9(3)14-11(15-10)13-7-8(2)6-12/h5,8H,4,6-7,12H2,1-3H3,(H,13,14,15). The van der Waals surface area contributed by atoms with Crippen LogP contribution in [0, 0.1) is 12.8 Å². The Morgan fingerprint density at radius 2 is 2.25 bits per heavy atom. The highest BCUT2D eigenvalue weighted by molar-refractivity contribution is 5.30. The number of rotatable bonds is 6. The minimum Gasteiger partial charge on any atom is -0.478 e. The van der Waals surface area contributed by atoms with E-state index in [9.17, 15) is 0 Å². The van der Waals surface area contributed by atoms with Gasteiger partial charge in [0.05, 0.1) is 6.61 Å². The summed E-state index contributed by atoms with van der Waals surface area (Å²) in [5, 5.41) is 3.15. The average Bonchev–Trinajstić information content (AvgIpc) is 2.25. The van der Waals surface area contributed by atoms with Crippen LogP contribution in [0.2, 0.25) is 0 Å². The molecule has 1 aromatic rings. The average molecular weight is 224 g/mol. The molecule has 0 bridgehead atoms. The zero-order valence-corrected chi connectivity index (χ0v) is 10.2. The topological polar surface area (TPSA) is 73.1 Å². The molecule has 1 unspecified atom stereocenters. The van der Waals surface area contributed by atoms with Crippen molar-refractivity contribution in [3.05, 3.63) is 11.8 Å². The molecule has 5 nitrogen and oxygen atoms in total. The zero-order chi connectivity index (χ0) is 12.0. The zero-order valence-electron chi connectivity index (χ0n) is 10.2. The van der Waals surface area contributed by atoms with Crippen LogP contribution in [0.3, 0.4) is 0 Å². The van der Waals surface area contributed by atoms with Crippen molar-refractivity contribution >= 4 is 5.95 Å². The van der Waals surface area contributed by atoms with Gasteiger partial charge in [-0.25, -0.2) is 4.98 Å². The molecule has 0 spiro atoms. The van der Waals surface area contributed by atoms with Gasteiger partial charge in [0.15, 0.2) is 0 Å². The van der Waals surface area contributed by atoms with Crippen molar-refractivity contribution in [2.45, 2.75) is 20.8 Å². The molecule has 0 saturated heterocycles. The molecular weight excluding hydrogens is 204 g/mol. The first-order chi connectivity index (χ1) is 7.65. The summed E-state index contributed by atoms with van der Waals surface area (Å²) in [5.41, 5.74) is 6.43. The molecule has 0 aliphatic carbocycles. The normalized spacial score (nSPS) is 12.2. The summed E-state index contributed by atoms with van der Waals surface area (Å²) in [6.07, 6.45) is 0. The molecule has 0 saturated carbocycles. The molecule has 16 heavy (non-hydrogen) atoms. The van der Waals surface area contributed by atoms with Gasteiger partial charge in [-0.15, -0.1) is 0 Å². The van der Waals surface area contributed by atoms with E-state index in [0.717, 1.165) is 12.2 Å². The van der Waals surface area contributed by atoms with Crippen LogP contribution in [-0.4, -0.2) is 29.7 Å². The summed E-state index contributed by atoms with van der Waals surface area (Å²) in [5.74, 6) is 1.61. The Morgan fingerprint density at radius 3 is 2.88 bits per heavy atom. The highest BCUT2D eigenvalue weighted by Gasteiger charge is 2.04. The van der Waals surface area contributed by atoms with E-state index in [1.807, 2.05) is 19.9 Å². The van der Waals surface area contributed by atoms with Gasteiger partial charge >= 0.3 is 0 Å². The van der Waals surface area contributed by atoms with Crippen LogP contribution >= 0.6 is 0 Å². The number of nitrogens with two attached hydrogens (primary N) is 1. The van der Waals surface area contributed by atoms with Crippen LogP contribution in [0.4, 0.5) is 5.95 Å². The SMILES string of the molecule is CCOc1cc(C)nc(NCC(C)CN)n1. The fourth-order valence-corrected chi connectivity index (χ4v) is 1.19. The maximum absolute atomic E-state index is 5.54. The lowest BCUT2D eigenvalue weighted by Crippen LogP contribution is -2.20. The summed E-state index contributed by atoms with van der Waals surface area (Å²) in [6.45, 7) is 7.95. The molecule has 0 aromatic carbocycles. The van der Waals surface area contributed by atoms with Crippen molar-refractivity contribution in [3.8, 4) is 5.88 Å². The Morgan fingerprint density at radius 1 is 1.50 bits per heavy atom. The van der Waals surface area contributed by atoms with Gasteiger partial charge in [0.25, 0.3) is 0 Å². The number of aromatic nitrogens is 2. The second kappa shape index (κ2) is 6.27. The lowest BCUT2D eigenvalue weighted by atomic mass is 10.2. The van der Waals surface area contributed by atoms with Crippen molar-refractivity contribution in [1.82, 2.24) is 9.97 Å². The molecule has 0 radical (unpaired) electrons. The summed E-state index contributed by atoms with van der Waals surface area (Å²) >= 11 is 0. The third kappa shape index (κ3) is 4.02. The molecule has 1 rings (SSSR count). The maximum atomic E-state index is 5.54. The molecule has 0 amide bonds. The number of anilines is 1. The van der Waals surface area contributed by atoms with Gasteiger partial charge in [-0.05, 0) is 26.3 Å². The van der Waals surface area contributed by atoms with Gasteiger partial charge < -0.3 is 15.8 Å². The Balaban J connectivity index is 2.64. The van der Waals surface area contributed by atoms with E-state index in [1.54, 1.807) is 0 Å². The fourth-order valence-electron chi connectivity index (χ4n) is 1.19. The van der Waals surface area contributed by atoms with Crippen LogP contribution < -0.4 is 15.8 Å². The van der Waals surface area contributed by atoms with E-state index in [2.05, 4.69) is 22.2 Å². The molecule has 3 N–H and O–H groups in total. The van der Waals surface area contributed by atoms with Crippen molar-refractivity contribution < 1.29 is 4.74 Å². The quantitative estimate of drug-likeness (QED) is 0.759. The lowest BCUT2D eigenvalue weighted by molar-refractivity contribution is 0.326. The summed E-state index contributed by atoms with van der Waals surface area (Å²) in [6, 6.07) is 1.82. The van der Waals surface area contributed by atoms with Crippen LogP contribution in [0.5, 0.6) is 5.88 Å². The maximum Gasteiger partial charge on any atom is 0.226 e. The van der Waals surface area contributed by atoms with Crippen LogP contribution in [-0.2, 0) is 0 Å². The monoisotopic (exact) mass is 224 g/mol. The van der Waals surface area contributed by atoms with Crippen molar-refractivity contribution in [3.63, 3.8) is 0 Å². The predicted octanol–water partition coefficient (Wildman–Crippen LogP) is 1.19. The summed E-state index contributed by atoms with van der Waals surface area (Å²) in [7, 11) is 0. The van der Waals surface area contributed by atoms with E-state index < -0.39 is 0 Å². The first-order valence-electron chi connectivity index (χ1n) is 5.58. The molecule has 1 aromatic heterocycles. The molecule has 1 atom stereocenters. The number of hydrogen-bond acceptors (Lipinski definition) is 5. The van der Waals surface area contributed by atoms with Crippen molar-refractivity contribution in [1.29, 1.82) is 0 Å². The van der Waals surface area contributed by atoms with Crippen molar-refractivity contribution in [2.24, 2.45) is 11.7 Å². The predicted molar refractivity (Wildman–Crippen MR) is 64.6 cm³/mol. The number of hydrogen-bond donors (Lipinski definition) is 2. The summed E-state index contributed by atoms with van der Waals surface area (Å²) in [4.78, 5) is 8.52. The highest BCUT2D eigenvalue weighted by atomic mass is 16.5. The van der Waals surface area contributed by atoms with Crippen molar-refractivity contribution in [2.75, 3.05) is 25.0 Å². The van der Waals surface area contributed by atoms with E-state index in [1.165, 1.54) is 0 Å². The van der Waals surface area contributed by atoms with E-state index in [0.29, 0.717) is 30.9 Å². The van der Waals surface area contributed by atoms with Gasteiger partial charge in [-0.2, -0.15) is 4.98 Å². The molecule has 0 aliphatic heterocycles. The second-order valence-corrected chi connectivity index (χ2v) is 3.83. The van der Waals surface area contributed by atoms with Gasteiger partial charge in [0.2, 0.25) is 11.8 Å². The first-order valence-corrected chi connectivity index (χ1v) is 5.58. The number of ether oxygens (including phenoxy) is 1. The Bertz CT molecular complexity index is 330. The van der Waals surface area contributed by atoms with E-state index >= 15 is 0 Å². The van der Waals surface area contributed by atoms with Gasteiger partial charge in [-0.3, -0.25) is 0 Å². The van der Waals surface area contributed by atoms with Crippen LogP contribution in [0.15, 0.2) is 6.07 Å². The first kappa shape index (κ1) is 12.7. The third-order valence-corrected chi connectivity index (χ3v) is 2.13. The second-order valence-electron chi connectivity index (χ2n) is 3.83. The lowest BCUT2D eigenvalue weighted by Gasteiger charge is -2.11. The summed E-state index contributed by atoms with van der Waals surface area (Å²) < 4.78 is 5.34. The van der Waals surface area contributed by atoms with E-state index in [4.69, 9.17) is 10.5 Å². The minimum absolute atomic E-state index is 0.402. The number of aryl methyl sites for hydroxylation is 1. The minimum atomic E-state index is 0.402. The van der Waals surface area contributed by atoms with Crippen LogP contribution in [0.25, 0.3) is 0 Å². The van der Waals surface area contributed by atoms with Gasteiger partial charge in [0, 0.05) is 18.3 Å². The van der Waals surface area contributed by atoms with E-state index in [-0.39, 0.29) is 0 Å². The van der Waals surface area contributed by atoms with Gasteiger partial charge in [0.1, 0.15) is 0 Å². The molecule has 1 heterocycles. The molecule has 90 valence electrons. The Labute approximate surface area is 96.4 Å². The molecule has 0 fully saturated rings. The fraction of sp³-hybridized carbons (Fsp3) is 0.636. The third-order valence-electron chi connectivity index (χ3n) is 2.13. The molecule has 0 aliphatic rings. The molecule has 5 heteroatoms. The number of nitrogens with one attached hydrogen (secondary N) is 1. The highest BCUT2D eigenvalue weighted by Crippen LogP contribution is 2.12. The number of nitrogens with zero attached hydrogens (tertiary/aromatic N) is 2. The largest absolute Gasteiger partial charge is 0.478 e. The smallest absolute Gasteiger partial charge is 0.226 e. The Kier molecular flexibility index (Phi) is 4.98. The van der Waals surface area contributed by atoms with Gasteiger partial charge in [-0.1, -0.05) is 6.92 Å².